The van der Waals surface area contributed by atoms with Crippen LogP contribution in [0.4, 0.5) is 0 Å². The van der Waals surface area contributed by atoms with E-state index >= 15 is 0 Å². The second kappa shape index (κ2) is 5.33. The van der Waals surface area contributed by atoms with Crippen molar-refractivity contribution in [2.45, 2.75) is 50.6 Å². The first-order chi connectivity index (χ1) is 9.25. The lowest BCUT2D eigenvalue weighted by Crippen LogP contribution is -2.49. The Bertz CT molecular complexity index is 472. The molecule has 0 bridgehead atoms. The number of benzene rings is 1. The van der Waals surface area contributed by atoms with E-state index in [2.05, 4.69) is 41.8 Å². The summed E-state index contributed by atoms with van der Waals surface area (Å²) in [5, 5.41) is 6.53. The number of hydrogen-bond acceptors (Lipinski definition) is 2. The standard InChI is InChI=1S/C16H22N2O/c1-11-8-9-14(13-6-3-2-5-12(11)13)18-15-7-4-10-17-16(15)19/h2-3,5-6,11,14-15,18H,4,7-10H2,1H3,(H,17,19). The van der Waals surface area contributed by atoms with Crippen LogP contribution in [0.5, 0.6) is 0 Å². The molecule has 3 atom stereocenters. The molecule has 3 nitrogen and oxygen atoms in total. The van der Waals surface area contributed by atoms with Crippen molar-refractivity contribution in [2.24, 2.45) is 0 Å². The summed E-state index contributed by atoms with van der Waals surface area (Å²) in [6.45, 7) is 3.12. The number of fused-ring (bicyclic) bond motifs is 1. The van der Waals surface area contributed by atoms with Gasteiger partial charge in [-0.15, -0.1) is 0 Å². The van der Waals surface area contributed by atoms with Crippen molar-refractivity contribution in [3.63, 3.8) is 0 Å². The molecule has 2 aliphatic rings. The fourth-order valence-electron chi connectivity index (χ4n) is 3.35. The molecule has 1 fully saturated rings. The molecule has 1 saturated heterocycles. The third-order valence-corrected chi connectivity index (χ3v) is 4.48. The number of hydrogen-bond donors (Lipinski definition) is 2. The summed E-state index contributed by atoms with van der Waals surface area (Å²) in [6.07, 6.45) is 4.36. The highest BCUT2D eigenvalue weighted by atomic mass is 16.2. The predicted octanol–water partition coefficient (Wildman–Crippen LogP) is 2.49. The molecule has 19 heavy (non-hydrogen) atoms. The first-order valence-corrected chi connectivity index (χ1v) is 7.38. The Balaban J connectivity index is 1.79. The normalized spacial score (nSPS) is 30.6. The van der Waals surface area contributed by atoms with Crippen LogP contribution < -0.4 is 10.6 Å². The van der Waals surface area contributed by atoms with Crippen LogP contribution >= 0.6 is 0 Å². The molecular weight excluding hydrogens is 236 g/mol. The van der Waals surface area contributed by atoms with Gasteiger partial charge in [0.15, 0.2) is 0 Å². The second-order valence-corrected chi connectivity index (χ2v) is 5.81. The molecule has 1 aromatic carbocycles. The van der Waals surface area contributed by atoms with Crippen molar-refractivity contribution in [3.8, 4) is 0 Å². The molecule has 2 N–H and O–H groups in total. The minimum Gasteiger partial charge on any atom is -0.355 e. The van der Waals surface area contributed by atoms with Gasteiger partial charge in [0.05, 0.1) is 6.04 Å². The quantitative estimate of drug-likeness (QED) is 0.855. The van der Waals surface area contributed by atoms with Crippen molar-refractivity contribution >= 4 is 5.91 Å². The van der Waals surface area contributed by atoms with Gasteiger partial charge < -0.3 is 5.32 Å². The number of piperidine rings is 1. The zero-order valence-electron chi connectivity index (χ0n) is 11.5. The highest BCUT2D eigenvalue weighted by Gasteiger charge is 2.29. The van der Waals surface area contributed by atoms with Crippen LogP contribution in [0, 0.1) is 0 Å². The zero-order chi connectivity index (χ0) is 13.2. The zero-order valence-corrected chi connectivity index (χ0v) is 11.5. The monoisotopic (exact) mass is 258 g/mol. The number of carbonyl (C=O) groups excluding carboxylic acids is 1. The minimum atomic E-state index is -0.0137. The van der Waals surface area contributed by atoms with Crippen molar-refractivity contribution in [1.82, 2.24) is 10.6 Å². The van der Waals surface area contributed by atoms with E-state index < -0.39 is 0 Å². The molecule has 0 radical (unpaired) electrons. The maximum Gasteiger partial charge on any atom is 0.237 e. The number of rotatable bonds is 2. The lowest BCUT2D eigenvalue weighted by Gasteiger charge is -2.34. The Morgan fingerprint density at radius 2 is 1.89 bits per heavy atom. The lowest BCUT2D eigenvalue weighted by molar-refractivity contribution is -0.124. The summed E-state index contributed by atoms with van der Waals surface area (Å²) in [7, 11) is 0. The van der Waals surface area contributed by atoms with Gasteiger partial charge in [-0.2, -0.15) is 0 Å². The molecular formula is C16H22N2O. The number of amides is 1. The molecule has 1 aliphatic heterocycles. The summed E-state index contributed by atoms with van der Waals surface area (Å²) >= 11 is 0. The first-order valence-electron chi connectivity index (χ1n) is 7.38. The van der Waals surface area contributed by atoms with Crippen LogP contribution in [0.3, 0.4) is 0 Å². The van der Waals surface area contributed by atoms with Gasteiger partial charge in [0, 0.05) is 12.6 Å². The average molecular weight is 258 g/mol. The fourth-order valence-corrected chi connectivity index (χ4v) is 3.35. The predicted molar refractivity (Wildman–Crippen MR) is 76.0 cm³/mol. The molecule has 1 amide bonds. The molecule has 1 aliphatic carbocycles. The van der Waals surface area contributed by atoms with Crippen LogP contribution in [0.25, 0.3) is 0 Å². The highest BCUT2D eigenvalue weighted by molar-refractivity contribution is 5.82. The Morgan fingerprint density at radius 1 is 1.11 bits per heavy atom. The van der Waals surface area contributed by atoms with E-state index in [-0.39, 0.29) is 11.9 Å². The van der Waals surface area contributed by atoms with Crippen molar-refractivity contribution in [1.29, 1.82) is 0 Å². The van der Waals surface area contributed by atoms with Crippen LogP contribution in [-0.2, 0) is 4.79 Å². The highest BCUT2D eigenvalue weighted by Crippen LogP contribution is 2.37. The SMILES string of the molecule is CC1CCC(NC2CCCNC2=O)c2ccccc21. The van der Waals surface area contributed by atoms with Crippen LogP contribution in [0.1, 0.15) is 55.7 Å². The van der Waals surface area contributed by atoms with Gasteiger partial charge in [-0.3, -0.25) is 10.1 Å². The molecule has 102 valence electrons. The van der Waals surface area contributed by atoms with Gasteiger partial charge in [-0.25, -0.2) is 0 Å². The third-order valence-electron chi connectivity index (χ3n) is 4.48. The van der Waals surface area contributed by atoms with Crippen LogP contribution in [0.15, 0.2) is 24.3 Å². The van der Waals surface area contributed by atoms with Gasteiger partial charge in [0.1, 0.15) is 0 Å². The molecule has 3 heteroatoms. The second-order valence-electron chi connectivity index (χ2n) is 5.81. The number of nitrogens with one attached hydrogen (secondary N) is 2. The largest absolute Gasteiger partial charge is 0.355 e. The molecule has 3 unspecified atom stereocenters. The van der Waals surface area contributed by atoms with E-state index in [0.29, 0.717) is 12.0 Å². The van der Waals surface area contributed by atoms with Gasteiger partial charge in [-0.1, -0.05) is 31.2 Å². The maximum absolute atomic E-state index is 11.9. The maximum atomic E-state index is 11.9. The molecule has 0 aromatic heterocycles. The molecule has 3 rings (SSSR count). The smallest absolute Gasteiger partial charge is 0.237 e. The average Bonchev–Trinajstić information content (AvgIpc) is 2.44. The molecule has 0 spiro atoms. The fraction of sp³-hybridized carbons (Fsp3) is 0.562. The molecule has 1 aromatic rings. The van der Waals surface area contributed by atoms with Crippen molar-refractivity contribution < 1.29 is 4.79 Å². The summed E-state index contributed by atoms with van der Waals surface area (Å²) in [5.74, 6) is 0.803. The van der Waals surface area contributed by atoms with E-state index in [1.807, 2.05) is 0 Å². The van der Waals surface area contributed by atoms with Gasteiger partial charge >= 0.3 is 0 Å². The Morgan fingerprint density at radius 3 is 2.68 bits per heavy atom. The minimum absolute atomic E-state index is 0.0137. The lowest BCUT2D eigenvalue weighted by atomic mass is 9.80. The summed E-state index contributed by atoms with van der Waals surface area (Å²) < 4.78 is 0. The summed E-state index contributed by atoms with van der Waals surface area (Å²) in [5.41, 5.74) is 2.84. The molecule has 1 heterocycles. The van der Waals surface area contributed by atoms with Gasteiger partial charge in [0.25, 0.3) is 0 Å². The van der Waals surface area contributed by atoms with E-state index in [9.17, 15) is 4.79 Å². The summed E-state index contributed by atoms with van der Waals surface area (Å²) in [6, 6.07) is 8.98. The number of carbonyl (C=O) groups is 1. The van der Waals surface area contributed by atoms with Crippen molar-refractivity contribution in [3.05, 3.63) is 35.4 Å². The van der Waals surface area contributed by atoms with E-state index in [0.717, 1.165) is 25.8 Å². The van der Waals surface area contributed by atoms with Gasteiger partial charge in [-0.05, 0) is 42.7 Å². The third kappa shape index (κ3) is 2.52. The Labute approximate surface area is 114 Å². The molecule has 0 saturated carbocycles. The summed E-state index contributed by atoms with van der Waals surface area (Å²) in [4.78, 5) is 11.9. The van der Waals surface area contributed by atoms with E-state index in [1.165, 1.54) is 17.5 Å². The Hall–Kier alpha value is -1.35. The van der Waals surface area contributed by atoms with Crippen molar-refractivity contribution in [2.75, 3.05) is 6.54 Å². The van der Waals surface area contributed by atoms with Gasteiger partial charge in [0.2, 0.25) is 5.91 Å². The topological polar surface area (TPSA) is 41.1 Å². The van der Waals surface area contributed by atoms with Crippen LogP contribution in [0.2, 0.25) is 0 Å². The van der Waals surface area contributed by atoms with E-state index in [1.54, 1.807) is 0 Å². The Kier molecular flexibility index (Phi) is 3.56. The first kappa shape index (κ1) is 12.7. The van der Waals surface area contributed by atoms with Crippen LogP contribution in [-0.4, -0.2) is 18.5 Å². The van der Waals surface area contributed by atoms with E-state index in [4.69, 9.17) is 0 Å².